The molecule has 1 heterocycles. The highest BCUT2D eigenvalue weighted by Gasteiger charge is 2.21. The van der Waals surface area contributed by atoms with Gasteiger partial charge in [0.2, 0.25) is 5.91 Å². The molecule has 0 saturated carbocycles. The normalized spacial score (nSPS) is 20.7. The predicted octanol–water partition coefficient (Wildman–Crippen LogP) is 3.15. The van der Waals surface area contributed by atoms with E-state index >= 15 is 0 Å². The standard InChI is InChI=1S/C14H19ClN2O/c1-17-9-5-4-6-11(17)10-14(18)16-13-8-3-2-7-12(13)15/h2-3,7-8,11H,4-6,9-10H2,1H3,(H,16,18). The van der Waals surface area contributed by atoms with E-state index in [1.165, 1.54) is 12.8 Å². The Balaban J connectivity index is 1.90. The SMILES string of the molecule is CN1CCCCC1CC(=O)Nc1ccccc1Cl. The van der Waals surface area contributed by atoms with Crippen molar-refractivity contribution in [3.8, 4) is 0 Å². The predicted molar refractivity (Wildman–Crippen MR) is 75.0 cm³/mol. The average Bonchev–Trinajstić information content (AvgIpc) is 2.35. The van der Waals surface area contributed by atoms with Crippen molar-refractivity contribution < 1.29 is 4.79 Å². The van der Waals surface area contributed by atoms with Crippen LogP contribution in [0.3, 0.4) is 0 Å². The van der Waals surface area contributed by atoms with Crippen LogP contribution in [0.1, 0.15) is 25.7 Å². The molecule has 0 aliphatic carbocycles. The molecule has 1 amide bonds. The number of nitrogens with zero attached hydrogens (tertiary/aromatic N) is 1. The molecule has 0 spiro atoms. The molecule has 4 heteroatoms. The third-order valence-corrected chi connectivity index (χ3v) is 3.82. The highest BCUT2D eigenvalue weighted by molar-refractivity contribution is 6.33. The van der Waals surface area contributed by atoms with E-state index in [0.29, 0.717) is 23.2 Å². The van der Waals surface area contributed by atoms with E-state index in [0.717, 1.165) is 13.0 Å². The van der Waals surface area contributed by atoms with E-state index in [-0.39, 0.29) is 5.91 Å². The lowest BCUT2D eigenvalue weighted by atomic mass is 10.00. The molecule has 1 aromatic carbocycles. The lowest BCUT2D eigenvalue weighted by Crippen LogP contribution is -2.38. The number of rotatable bonds is 3. The van der Waals surface area contributed by atoms with Gasteiger partial charge in [-0.1, -0.05) is 30.2 Å². The van der Waals surface area contributed by atoms with Gasteiger partial charge in [-0.15, -0.1) is 0 Å². The van der Waals surface area contributed by atoms with Crippen LogP contribution in [-0.4, -0.2) is 30.4 Å². The molecule has 18 heavy (non-hydrogen) atoms. The zero-order valence-electron chi connectivity index (χ0n) is 10.7. The van der Waals surface area contributed by atoms with Crippen LogP contribution in [0, 0.1) is 0 Å². The molecule has 1 N–H and O–H groups in total. The quantitative estimate of drug-likeness (QED) is 0.912. The maximum atomic E-state index is 12.0. The maximum Gasteiger partial charge on any atom is 0.225 e. The number of nitrogens with one attached hydrogen (secondary N) is 1. The van der Waals surface area contributed by atoms with Crippen LogP contribution in [-0.2, 0) is 4.79 Å². The molecule has 1 saturated heterocycles. The highest BCUT2D eigenvalue weighted by atomic mass is 35.5. The first-order valence-corrected chi connectivity index (χ1v) is 6.79. The summed E-state index contributed by atoms with van der Waals surface area (Å²) in [7, 11) is 2.09. The number of hydrogen-bond donors (Lipinski definition) is 1. The molecule has 0 aromatic heterocycles. The summed E-state index contributed by atoms with van der Waals surface area (Å²) in [5, 5.41) is 3.47. The Morgan fingerprint density at radius 2 is 2.22 bits per heavy atom. The molecule has 0 bridgehead atoms. The smallest absolute Gasteiger partial charge is 0.225 e. The Labute approximate surface area is 113 Å². The van der Waals surface area contributed by atoms with Gasteiger partial charge in [0.1, 0.15) is 0 Å². The van der Waals surface area contributed by atoms with Crippen LogP contribution in [0.25, 0.3) is 0 Å². The van der Waals surface area contributed by atoms with Crippen molar-refractivity contribution in [3.05, 3.63) is 29.3 Å². The summed E-state index contributed by atoms with van der Waals surface area (Å²) in [6.45, 7) is 1.09. The Morgan fingerprint density at radius 1 is 1.44 bits per heavy atom. The number of para-hydroxylation sites is 1. The third kappa shape index (κ3) is 3.47. The fourth-order valence-corrected chi connectivity index (χ4v) is 2.56. The fraction of sp³-hybridized carbons (Fsp3) is 0.500. The molecular formula is C14H19ClN2O. The zero-order chi connectivity index (χ0) is 13.0. The number of likely N-dealkylation sites (tertiary alicyclic amines) is 1. The van der Waals surface area contributed by atoms with Gasteiger partial charge in [-0.25, -0.2) is 0 Å². The largest absolute Gasteiger partial charge is 0.325 e. The van der Waals surface area contributed by atoms with Crippen molar-refractivity contribution in [2.45, 2.75) is 31.7 Å². The number of carbonyl (C=O) groups excluding carboxylic acids is 1. The average molecular weight is 267 g/mol. The highest BCUT2D eigenvalue weighted by Crippen LogP contribution is 2.22. The van der Waals surface area contributed by atoms with E-state index in [2.05, 4.69) is 17.3 Å². The van der Waals surface area contributed by atoms with Gasteiger partial charge < -0.3 is 10.2 Å². The van der Waals surface area contributed by atoms with Crippen LogP contribution < -0.4 is 5.32 Å². The summed E-state index contributed by atoms with van der Waals surface area (Å²) in [4.78, 5) is 14.3. The van der Waals surface area contributed by atoms with Gasteiger partial charge in [0.15, 0.2) is 0 Å². The first-order chi connectivity index (χ1) is 8.66. The Morgan fingerprint density at radius 3 is 2.94 bits per heavy atom. The molecule has 2 rings (SSSR count). The second-order valence-corrected chi connectivity index (χ2v) is 5.27. The van der Waals surface area contributed by atoms with Crippen LogP contribution in [0.15, 0.2) is 24.3 Å². The van der Waals surface area contributed by atoms with E-state index in [1.807, 2.05) is 18.2 Å². The van der Waals surface area contributed by atoms with Crippen LogP contribution in [0.5, 0.6) is 0 Å². The van der Waals surface area contributed by atoms with Gasteiger partial charge in [0.25, 0.3) is 0 Å². The first kappa shape index (κ1) is 13.4. The van der Waals surface area contributed by atoms with Crippen molar-refractivity contribution >= 4 is 23.2 Å². The second-order valence-electron chi connectivity index (χ2n) is 4.86. The molecule has 0 radical (unpaired) electrons. The number of halogens is 1. The van der Waals surface area contributed by atoms with Crippen molar-refractivity contribution in [2.75, 3.05) is 18.9 Å². The Kier molecular flexibility index (Phi) is 4.61. The monoisotopic (exact) mass is 266 g/mol. The zero-order valence-corrected chi connectivity index (χ0v) is 11.4. The number of amides is 1. The summed E-state index contributed by atoms with van der Waals surface area (Å²) in [5.41, 5.74) is 0.697. The molecule has 1 aliphatic heterocycles. The van der Waals surface area contributed by atoms with E-state index in [1.54, 1.807) is 6.07 Å². The van der Waals surface area contributed by atoms with Crippen molar-refractivity contribution in [2.24, 2.45) is 0 Å². The molecular weight excluding hydrogens is 248 g/mol. The molecule has 98 valence electrons. The van der Waals surface area contributed by atoms with E-state index in [9.17, 15) is 4.79 Å². The lowest BCUT2D eigenvalue weighted by Gasteiger charge is -2.31. The summed E-state index contributed by atoms with van der Waals surface area (Å²) < 4.78 is 0. The van der Waals surface area contributed by atoms with Gasteiger partial charge in [-0.05, 0) is 38.6 Å². The summed E-state index contributed by atoms with van der Waals surface area (Å²) in [6.07, 6.45) is 4.10. The minimum absolute atomic E-state index is 0.0434. The van der Waals surface area contributed by atoms with Gasteiger partial charge in [0, 0.05) is 12.5 Å². The van der Waals surface area contributed by atoms with E-state index < -0.39 is 0 Å². The summed E-state index contributed by atoms with van der Waals surface area (Å²) >= 11 is 6.01. The molecule has 1 atom stereocenters. The minimum atomic E-state index is 0.0434. The maximum absolute atomic E-state index is 12.0. The third-order valence-electron chi connectivity index (χ3n) is 3.49. The van der Waals surface area contributed by atoms with Gasteiger partial charge in [-0.2, -0.15) is 0 Å². The number of piperidine rings is 1. The number of anilines is 1. The van der Waals surface area contributed by atoms with Crippen LogP contribution in [0.4, 0.5) is 5.69 Å². The van der Waals surface area contributed by atoms with Crippen molar-refractivity contribution in [1.82, 2.24) is 4.90 Å². The molecule has 1 unspecified atom stereocenters. The van der Waals surface area contributed by atoms with Crippen molar-refractivity contribution in [3.63, 3.8) is 0 Å². The molecule has 1 fully saturated rings. The molecule has 1 aliphatic rings. The summed E-state index contributed by atoms with van der Waals surface area (Å²) in [5.74, 6) is 0.0434. The van der Waals surface area contributed by atoms with Crippen LogP contribution in [0.2, 0.25) is 5.02 Å². The Bertz CT molecular complexity index is 422. The number of benzene rings is 1. The molecule has 1 aromatic rings. The number of carbonyl (C=O) groups is 1. The first-order valence-electron chi connectivity index (χ1n) is 6.41. The summed E-state index contributed by atoms with van der Waals surface area (Å²) in [6, 6.07) is 7.69. The Hall–Kier alpha value is -1.06. The second kappa shape index (κ2) is 6.21. The lowest BCUT2D eigenvalue weighted by molar-refractivity contribution is -0.117. The topological polar surface area (TPSA) is 32.3 Å². The minimum Gasteiger partial charge on any atom is -0.325 e. The number of hydrogen-bond acceptors (Lipinski definition) is 2. The van der Waals surface area contributed by atoms with Gasteiger partial charge in [0.05, 0.1) is 10.7 Å². The van der Waals surface area contributed by atoms with Gasteiger partial charge >= 0.3 is 0 Å². The van der Waals surface area contributed by atoms with Crippen LogP contribution >= 0.6 is 11.6 Å². The molecule has 3 nitrogen and oxygen atoms in total. The fourth-order valence-electron chi connectivity index (χ4n) is 2.38. The van der Waals surface area contributed by atoms with Crippen molar-refractivity contribution in [1.29, 1.82) is 0 Å². The van der Waals surface area contributed by atoms with Gasteiger partial charge in [-0.3, -0.25) is 4.79 Å². The van der Waals surface area contributed by atoms with E-state index in [4.69, 9.17) is 11.6 Å².